The number of carbonyl (C=O) groups is 1. The van der Waals surface area contributed by atoms with E-state index in [9.17, 15) is 4.79 Å². The van der Waals surface area contributed by atoms with Gasteiger partial charge in [-0.3, -0.25) is 4.79 Å². The lowest BCUT2D eigenvalue weighted by Gasteiger charge is -2.22. The number of hydrogen-bond acceptors (Lipinski definition) is 3. The molecule has 1 amide bonds. The molecular weight excluding hydrogens is 278 g/mol. The van der Waals surface area contributed by atoms with Crippen molar-refractivity contribution in [2.45, 2.75) is 39.7 Å². The molecule has 0 bridgehead atoms. The molecule has 122 valence electrons. The first-order valence-electron chi connectivity index (χ1n) is 7.79. The number of hydrogen-bond donors (Lipinski definition) is 0. The maximum absolute atomic E-state index is 12.1. The summed E-state index contributed by atoms with van der Waals surface area (Å²) in [5, 5.41) is 0. The van der Waals surface area contributed by atoms with Crippen LogP contribution in [0.15, 0.2) is 24.3 Å². The highest BCUT2D eigenvalue weighted by Gasteiger charge is 2.11. The molecule has 0 radical (unpaired) electrons. The SMILES string of the molecule is CCCOc1ccc(/C=C/C(=O)N(C)C(C)CC)cc1OC. The molecule has 4 nitrogen and oxygen atoms in total. The van der Waals surface area contributed by atoms with E-state index >= 15 is 0 Å². The molecule has 22 heavy (non-hydrogen) atoms. The monoisotopic (exact) mass is 305 g/mol. The smallest absolute Gasteiger partial charge is 0.246 e. The zero-order valence-corrected chi connectivity index (χ0v) is 14.3. The lowest BCUT2D eigenvalue weighted by molar-refractivity contribution is -0.126. The fraction of sp³-hybridized carbons (Fsp3) is 0.500. The second-order valence-electron chi connectivity index (χ2n) is 5.30. The number of likely N-dealkylation sites (N-methyl/N-ethyl adjacent to an activating group) is 1. The summed E-state index contributed by atoms with van der Waals surface area (Å²) < 4.78 is 11.0. The Morgan fingerprint density at radius 3 is 2.64 bits per heavy atom. The predicted octanol–water partition coefficient (Wildman–Crippen LogP) is 3.75. The molecule has 0 spiro atoms. The van der Waals surface area contributed by atoms with Crippen LogP contribution in [0.2, 0.25) is 0 Å². The summed E-state index contributed by atoms with van der Waals surface area (Å²) >= 11 is 0. The number of amides is 1. The van der Waals surface area contributed by atoms with Crippen molar-refractivity contribution in [1.82, 2.24) is 4.90 Å². The fourth-order valence-electron chi connectivity index (χ4n) is 1.90. The lowest BCUT2D eigenvalue weighted by atomic mass is 10.1. The van der Waals surface area contributed by atoms with Crippen molar-refractivity contribution in [2.24, 2.45) is 0 Å². The van der Waals surface area contributed by atoms with Crippen molar-refractivity contribution in [1.29, 1.82) is 0 Å². The zero-order valence-electron chi connectivity index (χ0n) is 14.3. The van der Waals surface area contributed by atoms with E-state index in [0.717, 1.165) is 24.2 Å². The standard InChI is InChI=1S/C18H27NO3/c1-6-12-22-16-10-8-15(13-17(16)21-5)9-11-18(20)19(4)14(3)7-2/h8-11,13-14H,6-7,12H2,1-5H3/b11-9+. The van der Waals surface area contributed by atoms with Crippen molar-refractivity contribution in [2.75, 3.05) is 20.8 Å². The van der Waals surface area contributed by atoms with Crippen molar-refractivity contribution in [3.8, 4) is 11.5 Å². The Labute approximate surface area is 133 Å². The Bertz CT molecular complexity index is 511. The van der Waals surface area contributed by atoms with E-state index in [1.54, 1.807) is 24.2 Å². The Kier molecular flexibility index (Phi) is 7.50. The van der Waals surface area contributed by atoms with Crippen LogP contribution in [0.5, 0.6) is 11.5 Å². The molecular formula is C18H27NO3. The molecule has 0 aliphatic rings. The summed E-state index contributed by atoms with van der Waals surface area (Å²) in [5.41, 5.74) is 0.909. The van der Waals surface area contributed by atoms with E-state index in [-0.39, 0.29) is 11.9 Å². The third kappa shape index (κ3) is 5.10. The van der Waals surface area contributed by atoms with Gasteiger partial charge in [0.2, 0.25) is 5.91 Å². The second-order valence-corrected chi connectivity index (χ2v) is 5.30. The van der Waals surface area contributed by atoms with E-state index in [1.165, 1.54) is 0 Å². The van der Waals surface area contributed by atoms with Crippen LogP contribution in [0.3, 0.4) is 0 Å². The van der Waals surface area contributed by atoms with Gasteiger partial charge in [-0.25, -0.2) is 0 Å². The molecule has 0 aromatic heterocycles. The minimum Gasteiger partial charge on any atom is -0.493 e. The highest BCUT2D eigenvalue weighted by molar-refractivity contribution is 5.91. The molecule has 4 heteroatoms. The average molecular weight is 305 g/mol. The van der Waals surface area contributed by atoms with Crippen LogP contribution in [0.1, 0.15) is 39.2 Å². The molecule has 0 saturated heterocycles. The molecule has 1 aromatic carbocycles. The number of methoxy groups -OCH3 is 1. The first kappa shape index (κ1) is 18.1. The van der Waals surface area contributed by atoms with E-state index in [4.69, 9.17) is 9.47 Å². The van der Waals surface area contributed by atoms with Crippen LogP contribution in [0.4, 0.5) is 0 Å². The minimum atomic E-state index is -0.000346. The third-order valence-electron chi connectivity index (χ3n) is 3.67. The number of benzene rings is 1. The van der Waals surface area contributed by atoms with Crippen molar-refractivity contribution in [3.05, 3.63) is 29.8 Å². The quantitative estimate of drug-likeness (QED) is 0.687. The third-order valence-corrected chi connectivity index (χ3v) is 3.67. The molecule has 1 atom stereocenters. The molecule has 1 unspecified atom stereocenters. The van der Waals surface area contributed by atoms with Gasteiger partial charge in [-0.15, -0.1) is 0 Å². The largest absolute Gasteiger partial charge is 0.493 e. The number of ether oxygens (including phenoxy) is 2. The Hall–Kier alpha value is -1.97. The van der Waals surface area contributed by atoms with Crippen LogP contribution in [-0.4, -0.2) is 37.6 Å². The van der Waals surface area contributed by atoms with Gasteiger partial charge in [0.25, 0.3) is 0 Å². The highest BCUT2D eigenvalue weighted by atomic mass is 16.5. The molecule has 0 aliphatic carbocycles. The first-order valence-corrected chi connectivity index (χ1v) is 7.79. The molecule has 0 heterocycles. The van der Waals surface area contributed by atoms with Crippen LogP contribution < -0.4 is 9.47 Å². The number of nitrogens with zero attached hydrogens (tertiary/aromatic N) is 1. The van der Waals surface area contributed by atoms with Crippen molar-refractivity contribution < 1.29 is 14.3 Å². The summed E-state index contributed by atoms with van der Waals surface area (Å²) in [6.45, 7) is 6.82. The molecule has 0 aliphatic heterocycles. The van der Waals surface area contributed by atoms with Crippen LogP contribution in [0, 0.1) is 0 Å². The summed E-state index contributed by atoms with van der Waals surface area (Å²) in [7, 11) is 3.44. The molecule has 0 N–H and O–H groups in total. The Balaban J connectivity index is 2.81. The van der Waals surface area contributed by atoms with Crippen molar-refractivity contribution >= 4 is 12.0 Å². The second kappa shape index (κ2) is 9.13. The van der Waals surface area contributed by atoms with Gasteiger partial charge in [-0.2, -0.15) is 0 Å². The lowest BCUT2D eigenvalue weighted by Crippen LogP contribution is -2.33. The zero-order chi connectivity index (χ0) is 16.5. The predicted molar refractivity (Wildman–Crippen MR) is 90.3 cm³/mol. The first-order chi connectivity index (χ1) is 10.5. The van der Waals surface area contributed by atoms with Gasteiger partial charge in [-0.05, 0) is 43.5 Å². The topological polar surface area (TPSA) is 38.8 Å². The van der Waals surface area contributed by atoms with E-state index < -0.39 is 0 Å². The van der Waals surface area contributed by atoms with Gasteiger partial charge in [0.05, 0.1) is 13.7 Å². The van der Waals surface area contributed by atoms with Gasteiger partial charge in [-0.1, -0.05) is 19.9 Å². The van der Waals surface area contributed by atoms with Crippen LogP contribution in [0.25, 0.3) is 6.08 Å². The Morgan fingerprint density at radius 1 is 1.32 bits per heavy atom. The van der Waals surface area contributed by atoms with Crippen molar-refractivity contribution in [3.63, 3.8) is 0 Å². The maximum Gasteiger partial charge on any atom is 0.246 e. The van der Waals surface area contributed by atoms with Gasteiger partial charge in [0.15, 0.2) is 11.5 Å². The van der Waals surface area contributed by atoms with Crippen LogP contribution in [-0.2, 0) is 4.79 Å². The van der Waals surface area contributed by atoms with E-state index in [0.29, 0.717) is 12.4 Å². The van der Waals surface area contributed by atoms with Gasteiger partial charge < -0.3 is 14.4 Å². The normalized spacial score (nSPS) is 12.2. The summed E-state index contributed by atoms with van der Waals surface area (Å²) in [6, 6.07) is 5.90. The number of rotatable bonds is 8. The summed E-state index contributed by atoms with van der Waals surface area (Å²) in [5.74, 6) is 1.41. The van der Waals surface area contributed by atoms with E-state index in [2.05, 4.69) is 13.8 Å². The highest BCUT2D eigenvalue weighted by Crippen LogP contribution is 2.28. The van der Waals surface area contributed by atoms with E-state index in [1.807, 2.05) is 32.2 Å². The van der Waals surface area contributed by atoms with Crippen LogP contribution >= 0.6 is 0 Å². The summed E-state index contributed by atoms with van der Waals surface area (Å²) in [6.07, 6.45) is 5.27. The molecule has 0 fully saturated rings. The Morgan fingerprint density at radius 2 is 2.05 bits per heavy atom. The maximum atomic E-state index is 12.1. The van der Waals surface area contributed by atoms with Gasteiger partial charge in [0, 0.05) is 19.2 Å². The molecule has 0 saturated carbocycles. The fourth-order valence-corrected chi connectivity index (χ4v) is 1.90. The summed E-state index contributed by atoms with van der Waals surface area (Å²) in [4.78, 5) is 13.8. The minimum absolute atomic E-state index is 0.000346. The van der Waals surface area contributed by atoms with Gasteiger partial charge in [0.1, 0.15) is 0 Å². The number of carbonyl (C=O) groups excluding carboxylic acids is 1. The molecule has 1 aromatic rings. The van der Waals surface area contributed by atoms with Gasteiger partial charge >= 0.3 is 0 Å². The average Bonchev–Trinajstić information content (AvgIpc) is 2.56. The molecule has 1 rings (SSSR count).